The van der Waals surface area contributed by atoms with E-state index in [1.807, 2.05) is 18.2 Å². The minimum Gasteiger partial charge on any atom is -0.343 e. The lowest BCUT2D eigenvalue weighted by Crippen LogP contribution is -1.93. The van der Waals surface area contributed by atoms with Crippen LogP contribution in [0.25, 0.3) is 11.3 Å². The molecule has 2 nitrogen and oxygen atoms in total. The molecule has 1 heterocycles. The number of hydrogen-bond donors (Lipinski definition) is 1. The molecule has 1 aromatic carbocycles. The van der Waals surface area contributed by atoms with Crippen LogP contribution in [0.5, 0.6) is 0 Å². The van der Waals surface area contributed by atoms with Gasteiger partial charge in [-0.2, -0.15) is 0 Å². The Balaban J connectivity index is 2.70. The summed E-state index contributed by atoms with van der Waals surface area (Å²) in [5, 5.41) is 0. The van der Waals surface area contributed by atoms with Crippen LogP contribution >= 0.6 is 28.1 Å². The van der Waals surface area contributed by atoms with E-state index in [9.17, 15) is 4.39 Å². The number of H-pyrrole nitrogens is 1. The Bertz CT molecular complexity index is 553. The first-order valence-corrected chi connectivity index (χ1v) is 5.38. The molecule has 0 saturated heterocycles. The summed E-state index contributed by atoms with van der Waals surface area (Å²) in [5.74, 6) is -0.501. The lowest BCUT2D eigenvalue weighted by molar-refractivity contribution is 0.613. The molecule has 2 rings (SSSR count). The number of rotatable bonds is 1. The van der Waals surface area contributed by atoms with E-state index in [-0.39, 0.29) is 4.64 Å². The lowest BCUT2D eigenvalue weighted by atomic mass is 10.1. The van der Waals surface area contributed by atoms with Crippen molar-refractivity contribution < 1.29 is 4.39 Å². The molecule has 76 valence electrons. The first-order valence-electron chi connectivity index (χ1n) is 4.18. The van der Waals surface area contributed by atoms with Crippen LogP contribution in [0.4, 0.5) is 4.39 Å². The van der Waals surface area contributed by atoms with Crippen molar-refractivity contribution in [3.8, 4) is 11.3 Å². The summed E-state index contributed by atoms with van der Waals surface area (Å²) in [4.78, 5) is 6.42. The summed E-state index contributed by atoms with van der Waals surface area (Å²) in [6.07, 6.45) is 1.39. The topological polar surface area (TPSA) is 28.7 Å². The quantitative estimate of drug-likeness (QED) is 0.809. The van der Waals surface area contributed by atoms with Gasteiger partial charge in [-0.1, -0.05) is 46.3 Å². The van der Waals surface area contributed by atoms with Crippen LogP contribution in [0.2, 0.25) is 0 Å². The fraction of sp³-hybridized carbons (Fsp3) is 0. The number of aromatic nitrogens is 2. The number of halogens is 2. The monoisotopic (exact) mass is 284 g/mol. The Morgan fingerprint density at radius 3 is 2.80 bits per heavy atom. The average Bonchev–Trinajstić information content (AvgIpc) is 2.23. The van der Waals surface area contributed by atoms with Gasteiger partial charge in [-0.25, -0.2) is 9.37 Å². The van der Waals surface area contributed by atoms with Crippen LogP contribution in [0.15, 0.2) is 35.1 Å². The van der Waals surface area contributed by atoms with Crippen molar-refractivity contribution in [1.29, 1.82) is 0 Å². The highest BCUT2D eigenvalue weighted by atomic mass is 79.9. The second-order valence-electron chi connectivity index (χ2n) is 2.88. The van der Waals surface area contributed by atoms with Gasteiger partial charge in [-0.05, 0) is 6.07 Å². The van der Waals surface area contributed by atoms with E-state index in [1.54, 1.807) is 6.07 Å². The Labute approximate surface area is 99.3 Å². The molecule has 0 aliphatic heterocycles. The van der Waals surface area contributed by atoms with Crippen LogP contribution in [-0.2, 0) is 0 Å². The van der Waals surface area contributed by atoms with E-state index in [1.165, 1.54) is 6.33 Å². The summed E-state index contributed by atoms with van der Waals surface area (Å²) in [5.41, 5.74) is 1.07. The van der Waals surface area contributed by atoms with Gasteiger partial charge in [-0.15, -0.1) is 0 Å². The third-order valence-electron chi connectivity index (χ3n) is 1.94. The molecule has 0 spiro atoms. The minimum atomic E-state index is -0.501. The van der Waals surface area contributed by atoms with Gasteiger partial charge in [0.05, 0.1) is 12.0 Å². The molecule has 1 N–H and O–H groups in total. The van der Waals surface area contributed by atoms with E-state index in [0.717, 1.165) is 10.0 Å². The fourth-order valence-electron chi connectivity index (χ4n) is 1.24. The van der Waals surface area contributed by atoms with Crippen molar-refractivity contribution in [2.75, 3.05) is 0 Å². The number of benzene rings is 1. The predicted octanol–water partition coefficient (Wildman–Crippen LogP) is 3.71. The Kier molecular flexibility index (Phi) is 2.93. The van der Waals surface area contributed by atoms with E-state index < -0.39 is 5.82 Å². The fourth-order valence-corrected chi connectivity index (χ4v) is 1.88. The highest BCUT2D eigenvalue weighted by molar-refractivity contribution is 9.10. The van der Waals surface area contributed by atoms with E-state index in [4.69, 9.17) is 12.2 Å². The van der Waals surface area contributed by atoms with Gasteiger partial charge in [0.2, 0.25) is 0 Å². The second kappa shape index (κ2) is 4.20. The van der Waals surface area contributed by atoms with Crippen molar-refractivity contribution >= 4 is 28.1 Å². The van der Waals surface area contributed by atoms with Gasteiger partial charge in [-0.3, -0.25) is 0 Å². The number of nitrogens with zero attached hydrogens (tertiary/aromatic N) is 1. The molecule has 2 aromatic rings. The molecule has 0 amide bonds. The zero-order chi connectivity index (χ0) is 10.8. The van der Waals surface area contributed by atoms with Gasteiger partial charge in [0, 0.05) is 10.0 Å². The van der Waals surface area contributed by atoms with Crippen LogP contribution in [0, 0.1) is 10.5 Å². The highest BCUT2D eigenvalue weighted by Crippen LogP contribution is 2.27. The molecule has 1 aromatic heterocycles. The van der Waals surface area contributed by atoms with Crippen molar-refractivity contribution in [3.05, 3.63) is 45.5 Å². The van der Waals surface area contributed by atoms with E-state index in [0.29, 0.717) is 5.69 Å². The maximum absolute atomic E-state index is 13.6. The van der Waals surface area contributed by atoms with Crippen molar-refractivity contribution in [2.24, 2.45) is 0 Å². The molecule has 15 heavy (non-hydrogen) atoms. The van der Waals surface area contributed by atoms with Crippen LogP contribution < -0.4 is 0 Å². The van der Waals surface area contributed by atoms with Crippen molar-refractivity contribution in [3.63, 3.8) is 0 Å². The smallest absolute Gasteiger partial charge is 0.183 e. The maximum atomic E-state index is 13.6. The SMILES string of the molecule is Fc1c(-c2ccccc2Br)[nH]cnc1=S. The molecule has 0 radical (unpaired) electrons. The first-order chi connectivity index (χ1) is 7.20. The zero-order valence-corrected chi connectivity index (χ0v) is 9.90. The van der Waals surface area contributed by atoms with Gasteiger partial charge in [0.25, 0.3) is 0 Å². The van der Waals surface area contributed by atoms with Crippen molar-refractivity contribution in [1.82, 2.24) is 9.97 Å². The maximum Gasteiger partial charge on any atom is 0.183 e. The highest BCUT2D eigenvalue weighted by Gasteiger charge is 2.09. The molecule has 0 unspecified atom stereocenters. The third kappa shape index (κ3) is 1.98. The Morgan fingerprint density at radius 1 is 1.33 bits per heavy atom. The van der Waals surface area contributed by atoms with Crippen molar-refractivity contribution in [2.45, 2.75) is 0 Å². The molecule has 0 bridgehead atoms. The van der Waals surface area contributed by atoms with Gasteiger partial charge < -0.3 is 4.98 Å². The summed E-state index contributed by atoms with van der Waals surface area (Å²) in [7, 11) is 0. The van der Waals surface area contributed by atoms with Crippen LogP contribution in [-0.4, -0.2) is 9.97 Å². The van der Waals surface area contributed by atoms with E-state index in [2.05, 4.69) is 25.9 Å². The van der Waals surface area contributed by atoms with Gasteiger partial charge in [0.1, 0.15) is 0 Å². The molecule has 0 saturated carbocycles. The summed E-state index contributed by atoms with van der Waals surface area (Å²) >= 11 is 8.11. The van der Waals surface area contributed by atoms with Gasteiger partial charge in [0.15, 0.2) is 10.5 Å². The summed E-state index contributed by atoms with van der Waals surface area (Å²) < 4.78 is 14.4. The summed E-state index contributed by atoms with van der Waals surface area (Å²) in [6, 6.07) is 7.33. The minimum absolute atomic E-state index is 0.0282. The molecule has 0 fully saturated rings. The van der Waals surface area contributed by atoms with E-state index >= 15 is 0 Å². The predicted molar refractivity (Wildman–Crippen MR) is 62.5 cm³/mol. The largest absolute Gasteiger partial charge is 0.343 e. The second-order valence-corrected chi connectivity index (χ2v) is 4.12. The molecule has 0 aliphatic carbocycles. The Morgan fingerprint density at radius 2 is 2.07 bits per heavy atom. The number of nitrogens with one attached hydrogen (secondary N) is 1. The molecular formula is C10H6BrFN2S. The third-order valence-corrected chi connectivity index (χ3v) is 2.92. The number of hydrogen-bond acceptors (Lipinski definition) is 2. The number of aromatic amines is 1. The van der Waals surface area contributed by atoms with Gasteiger partial charge >= 0.3 is 0 Å². The summed E-state index contributed by atoms with van der Waals surface area (Å²) in [6.45, 7) is 0. The molecule has 0 atom stereocenters. The Hall–Kier alpha value is -1.07. The van der Waals surface area contributed by atoms with Crippen LogP contribution in [0.1, 0.15) is 0 Å². The average molecular weight is 285 g/mol. The standard InChI is InChI=1S/C10H6BrFN2S/c11-7-4-2-1-3-6(7)9-8(12)10(15)14-5-13-9/h1-5H,(H,13,14,15). The normalized spacial score (nSPS) is 10.3. The molecule has 5 heteroatoms. The lowest BCUT2D eigenvalue weighted by Gasteiger charge is -2.04. The molecule has 0 aliphatic rings. The zero-order valence-electron chi connectivity index (χ0n) is 7.50. The first kappa shape index (κ1) is 10.4. The van der Waals surface area contributed by atoms with Crippen LogP contribution in [0.3, 0.4) is 0 Å². The molecular weight excluding hydrogens is 279 g/mol.